The minimum atomic E-state index is -0.803. The molecule has 3 rings (SSSR count). The van der Waals surface area contributed by atoms with Gasteiger partial charge in [0, 0.05) is 25.9 Å². The Balaban J connectivity index is 0.00000616. The van der Waals surface area contributed by atoms with Crippen LogP contribution >= 0.6 is 23.7 Å². The van der Waals surface area contributed by atoms with Gasteiger partial charge in [-0.1, -0.05) is 70.7 Å². The maximum atomic E-state index is 13.7. The van der Waals surface area contributed by atoms with Gasteiger partial charge < -0.3 is 26.4 Å². The lowest BCUT2D eigenvalue weighted by molar-refractivity contribution is -0.144. The second kappa shape index (κ2) is 16.9. The number of β-amino-alcohol motifs (C(OH)–C–C–N with tert-alkyl or cyclic N) is 1. The summed E-state index contributed by atoms with van der Waals surface area (Å²) in [4.78, 5) is 46.6. The van der Waals surface area contributed by atoms with E-state index in [4.69, 9.17) is 5.73 Å². The molecular weight excluding hydrogens is 574 g/mol. The molecule has 234 valence electrons. The van der Waals surface area contributed by atoms with E-state index in [9.17, 15) is 19.5 Å². The summed E-state index contributed by atoms with van der Waals surface area (Å²) in [6.45, 7) is 8.74. The summed E-state index contributed by atoms with van der Waals surface area (Å²) >= 11 is 1.59. The number of unbranched alkanes of at least 4 members (excludes halogenated alkanes) is 5. The Morgan fingerprint density at radius 1 is 1.10 bits per heavy atom. The fourth-order valence-corrected chi connectivity index (χ4v) is 5.96. The lowest BCUT2D eigenvalue weighted by Crippen LogP contribution is -2.57. The van der Waals surface area contributed by atoms with Gasteiger partial charge in [0.05, 0.1) is 22.2 Å². The SMILES string of the molecule is Cc1ncsc1-c1ccc(CNC(=O)[C@@H]2C[C@@H](O)CN2C(=O)C(NC(=O)CCCCCCCCN)C(C)(C)C)cc1.Cl. The molecule has 1 aliphatic heterocycles. The number of nitrogens with one attached hydrogen (secondary N) is 2. The molecule has 1 aromatic carbocycles. The number of aliphatic hydroxyl groups excluding tert-OH is 1. The highest BCUT2D eigenvalue weighted by Gasteiger charge is 2.44. The Bertz CT molecular complexity index is 1150. The molecule has 9 nitrogen and oxygen atoms in total. The molecule has 2 aromatic rings. The zero-order chi connectivity index (χ0) is 30.0. The molecule has 1 aliphatic rings. The quantitative estimate of drug-likeness (QED) is 0.232. The number of nitrogens with two attached hydrogens (primary N) is 1. The number of carbonyl (C=O) groups excluding carboxylic acids is 3. The Morgan fingerprint density at radius 3 is 2.33 bits per heavy atom. The average Bonchev–Trinajstić information content (AvgIpc) is 3.54. The monoisotopic (exact) mass is 621 g/mol. The highest BCUT2D eigenvalue weighted by molar-refractivity contribution is 7.13. The molecule has 2 heterocycles. The molecule has 1 unspecified atom stereocenters. The van der Waals surface area contributed by atoms with Crippen molar-refractivity contribution >= 4 is 41.5 Å². The van der Waals surface area contributed by atoms with Crippen LogP contribution in [0.25, 0.3) is 10.4 Å². The van der Waals surface area contributed by atoms with Crippen LogP contribution in [0.1, 0.15) is 83.4 Å². The van der Waals surface area contributed by atoms with Gasteiger partial charge in [0.2, 0.25) is 17.7 Å². The number of amides is 3. The predicted molar refractivity (Wildman–Crippen MR) is 170 cm³/mol. The molecule has 1 aromatic heterocycles. The van der Waals surface area contributed by atoms with Crippen LogP contribution in [0.15, 0.2) is 29.8 Å². The maximum absolute atomic E-state index is 13.7. The smallest absolute Gasteiger partial charge is 0.246 e. The van der Waals surface area contributed by atoms with Crippen LogP contribution in [0, 0.1) is 12.3 Å². The first-order valence-corrected chi connectivity index (χ1v) is 15.6. The van der Waals surface area contributed by atoms with Crippen LogP contribution in [0.4, 0.5) is 0 Å². The van der Waals surface area contributed by atoms with E-state index in [1.165, 1.54) is 4.90 Å². The standard InChI is InChI=1S/C31H47N5O4S.ClH/c1-21-27(41-20-34-21)23-14-12-22(13-15-23)18-33-29(39)25-17-24(37)19-36(25)30(40)28(31(2,3)4)35-26(38)11-9-7-5-6-8-10-16-32;/h12-15,20,24-25,28,37H,5-11,16-19,32H2,1-4H3,(H,33,39)(H,35,38);1H/t24-,25+,28?;/m1./s1. The fourth-order valence-electron chi connectivity index (χ4n) is 5.15. The number of aliphatic hydroxyl groups is 1. The molecule has 3 atom stereocenters. The van der Waals surface area contributed by atoms with E-state index < -0.39 is 23.6 Å². The van der Waals surface area contributed by atoms with E-state index in [0.29, 0.717) is 19.5 Å². The van der Waals surface area contributed by atoms with Gasteiger partial charge in [0.15, 0.2) is 0 Å². The average molecular weight is 622 g/mol. The molecule has 0 aliphatic carbocycles. The van der Waals surface area contributed by atoms with Crippen LogP contribution in [-0.2, 0) is 20.9 Å². The lowest BCUT2D eigenvalue weighted by atomic mass is 9.85. The summed E-state index contributed by atoms with van der Waals surface area (Å²) in [7, 11) is 0. The number of hydrogen-bond acceptors (Lipinski definition) is 7. The van der Waals surface area contributed by atoms with Crippen LogP contribution in [0.3, 0.4) is 0 Å². The number of hydrogen-bond donors (Lipinski definition) is 4. The molecule has 0 radical (unpaired) electrons. The second-order valence-electron chi connectivity index (χ2n) is 12.1. The van der Waals surface area contributed by atoms with Gasteiger partial charge in [0.1, 0.15) is 12.1 Å². The molecule has 0 spiro atoms. The van der Waals surface area contributed by atoms with Gasteiger partial charge in [0.25, 0.3) is 0 Å². The zero-order valence-electron chi connectivity index (χ0n) is 25.4. The third-order valence-corrected chi connectivity index (χ3v) is 8.55. The summed E-state index contributed by atoms with van der Waals surface area (Å²) < 4.78 is 0. The van der Waals surface area contributed by atoms with Gasteiger partial charge in [-0.25, -0.2) is 4.98 Å². The number of carbonyl (C=O) groups is 3. The van der Waals surface area contributed by atoms with Crippen molar-refractivity contribution in [3.05, 3.63) is 41.0 Å². The van der Waals surface area contributed by atoms with E-state index in [2.05, 4.69) is 15.6 Å². The minimum absolute atomic E-state index is 0. The second-order valence-corrected chi connectivity index (χ2v) is 13.0. The van der Waals surface area contributed by atoms with Gasteiger partial charge >= 0.3 is 0 Å². The van der Waals surface area contributed by atoms with Gasteiger partial charge in [-0.05, 0) is 42.9 Å². The third kappa shape index (κ3) is 10.3. The molecule has 3 amide bonds. The van der Waals surface area contributed by atoms with Crippen LogP contribution in [0.2, 0.25) is 0 Å². The normalized spacial score (nSPS) is 17.4. The number of rotatable bonds is 14. The van der Waals surface area contributed by atoms with Crippen molar-refractivity contribution in [2.45, 2.75) is 104 Å². The van der Waals surface area contributed by atoms with E-state index >= 15 is 0 Å². The Hall–Kier alpha value is -2.53. The van der Waals surface area contributed by atoms with E-state index in [1.807, 2.05) is 57.5 Å². The number of aryl methyl sites for hydroxylation is 1. The van der Waals surface area contributed by atoms with Crippen LogP contribution in [-0.4, -0.2) is 64.0 Å². The number of nitrogens with zero attached hydrogens (tertiary/aromatic N) is 2. The van der Waals surface area contributed by atoms with E-state index in [1.54, 1.807) is 11.3 Å². The Morgan fingerprint density at radius 2 is 1.74 bits per heavy atom. The summed E-state index contributed by atoms with van der Waals surface area (Å²) in [5.41, 5.74) is 9.78. The number of aromatic nitrogens is 1. The molecule has 1 saturated heterocycles. The van der Waals surface area contributed by atoms with Crippen molar-refractivity contribution in [2.24, 2.45) is 11.1 Å². The van der Waals surface area contributed by atoms with Gasteiger partial charge in [-0.15, -0.1) is 23.7 Å². The summed E-state index contributed by atoms with van der Waals surface area (Å²) in [6.07, 6.45) is 5.75. The Kier molecular flexibility index (Phi) is 14.4. The number of likely N-dealkylation sites (tertiary alicyclic amines) is 1. The van der Waals surface area contributed by atoms with E-state index in [-0.39, 0.29) is 43.1 Å². The molecule has 11 heteroatoms. The minimum Gasteiger partial charge on any atom is -0.391 e. The van der Waals surface area contributed by atoms with Crippen molar-refractivity contribution in [1.82, 2.24) is 20.5 Å². The first-order valence-electron chi connectivity index (χ1n) is 14.8. The molecule has 1 fully saturated rings. The number of thiazole rings is 1. The summed E-state index contributed by atoms with van der Waals surface area (Å²) in [5.74, 6) is -0.822. The Labute approximate surface area is 260 Å². The lowest BCUT2D eigenvalue weighted by Gasteiger charge is -2.35. The predicted octanol–water partition coefficient (Wildman–Crippen LogP) is 4.34. The largest absolute Gasteiger partial charge is 0.391 e. The highest BCUT2D eigenvalue weighted by Crippen LogP contribution is 2.28. The third-order valence-electron chi connectivity index (χ3n) is 7.57. The maximum Gasteiger partial charge on any atom is 0.246 e. The summed E-state index contributed by atoms with van der Waals surface area (Å²) in [5, 5.41) is 16.3. The first-order chi connectivity index (χ1) is 19.5. The van der Waals surface area contributed by atoms with Crippen molar-refractivity contribution in [1.29, 1.82) is 0 Å². The molecular formula is C31H48ClN5O4S. The fraction of sp³-hybridized carbons (Fsp3) is 0.613. The number of halogens is 1. The van der Waals surface area contributed by atoms with Crippen molar-refractivity contribution in [3.63, 3.8) is 0 Å². The van der Waals surface area contributed by atoms with E-state index in [0.717, 1.165) is 60.2 Å². The first kappa shape index (κ1) is 35.7. The highest BCUT2D eigenvalue weighted by atomic mass is 35.5. The molecule has 0 saturated carbocycles. The zero-order valence-corrected chi connectivity index (χ0v) is 27.0. The van der Waals surface area contributed by atoms with Crippen LogP contribution < -0.4 is 16.4 Å². The van der Waals surface area contributed by atoms with Gasteiger partial charge in [-0.2, -0.15) is 0 Å². The molecule has 42 heavy (non-hydrogen) atoms. The topological polar surface area (TPSA) is 138 Å². The van der Waals surface area contributed by atoms with Crippen molar-refractivity contribution < 1.29 is 19.5 Å². The van der Waals surface area contributed by atoms with Crippen molar-refractivity contribution in [2.75, 3.05) is 13.1 Å². The van der Waals surface area contributed by atoms with Crippen LogP contribution in [0.5, 0.6) is 0 Å². The van der Waals surface area contributed by atoms with Gasteiger partial charge in [-0.3, -0.25) is 14.4 Å². The molecule has 5 N–H and O–H groups in total. The van der Waals surface area contributed by atoms with Crippen molar-refractivity contribution in [3.8, 4) is 10.4 Å². The summed E-state index contributed by atoms with van der Waals surface area (Å²) in [6, 6.07) is 6.35. The molecule has 0 bridgehead atoms. The number of benzene rings is 1.